The van der Waals surface area contributed by atoms with Gasteiger partial charge in [0.15, 0.2) is 0 Å². The Hall–Kier alpha value is -0.420. The van der Waals surface area contributed by atoms with Gasteiger partial charge in [-0.1, -0.05) is 28.1 Å². The van der Waals surface area contributed by atoms with E-state index >= 15 is 0 Å². The molecule has 1 aromatic rings. The average molecular weight is 328 g/mol. The normalized spacial score (nSPS) is 20.2. The summed E-state index contributed by atoms with van der Waals surface area (Å²) in [6.07, 6.45) is 1.77. The van der Waals surface area contributed by atoms with E-state index in [4.69, 9.17) is 4.74 Å². The second-order valence-corrected chi connectivity index (χ2v) is 6.13. The number of aliphatic hydroxyl groups is 1. The second-order valence-electron chi connectivity index (χ2n) is 5.22. The average Bonchev–Trinajstić information content (AvgIpc) is 2.45. The fourth-order valence-electron chi connectivity index (χ4n) is 2.51. The van der Waals surface area contributed by atoms with Crippen LogP contribution in [0.4, 0.5) is 0 Å². The Morgan fingerprint density at radius 1 is 1.42 bits per heavy atom. The number of hydrogen-bond acceptors (Lipinski definition) is 3. The molecule has 0 aromatic heterocycles. The van der Waals surface area contributed by atoms with E-state index in [2.05, 4.69) is 28.2 Å². The summed E-state index contributed by atoms with van der Waals surface area (Å²) < 4.78 is 6.38. The SMILES string of the molecule is CC(NCC(O)c1cccc(Br)c1)C1CCOCC1. The summed E-state index contributed by atoms with van der Waals surface area (Å²) in [7, 11) is 0. The first-order valence-electron chi connectivity index (χ1n) is 6.91. The third kappa shape index (κ3) is 4.56. The summed E-state index contributed by atoms with van der Waals surface area (Å²) in [6.45, 7) is 4.52. The number of nitrogens with one attached hydrogen (secondary N) is 1. The minimum atomic E-state index is -0.459. The smallest absolute Gasteiger partial charge is 0.0914 e. The van der Waals surface area contributed by atoms with Crippen LogP contribution >= 0.6 is 15.9 Å². The minimum Gasteiger partial charge on any atom is -0.387 e. The molecule has 2 atom stereocenters. The van der Waals surface area contributed by atoms with E-state index in [-0.39, 0.29) is 0 Å². The van der Waals surface area contributed by atoms with Gasteiger partial charge in [-0.3, -0.25) is 0 Å². The number of rotatable bonds is 5. The standard InChI is InChI=1S/C15H22BrNO2/c1-11(12-5-7-19-8-6-12)17-10-15(18)13-3-2-4-14(16)9-13/h2-4,9,11-12,15,17-18H,5-8,10H2,1H3. The molecule has 0 saturated carbocycles. The highest BCUT2D eigenvalue weighted by Gasteiger charge is 2.20. The molecule has 1 saturated heterocycles. The molecule has 0 spiro atoms. The fraction of sp³-hybridized carbons (Fsp3) is 0.600. The highest BCUT2D eigenvalue weighted by molar-refractivity contribution is 9.10. The van der Waals surface area contributed by atoms with Crippen LogP contribution in [-0.4, -0.2) is 30.9 Å². The highest BCUT2D eigenvalue weighted by atomic mass is 79.9. The molecule has 3 nitrogen and oxygen atoms in total. The zero-order valence-electron chi connectivity index (χ0n) is 11.3. The lowest BCUT2D eigenvalue weighted by Crippen LogP contribution is -2.38. The van der Waals surface area contributed by atoms with Gasteiger partial charge in [0, 0.05) is 30.3 Å². The predicted octanol–water partition coefficient (Wildman–Crippen LogP) is 2.89. The van der Waals surface area contributed by atoms with Crippen LogP contribution in [0, 0.1) is 5.92 Å². The van der Waals surface area contributed by atoms with Gasteiger partial charge >= 0.3 is 0 Å². The van der Waals surface area contributed by atoms with Crippen molar-refractivity contribution in [2.75, 3.05) is 19.8 Å². The van der Waals surface area contributed by atoms with Crippen molar-refractivity contribution < 1.29 is 9.84 Å². The van der Waals surface area contributed by atoms with Crippen molar-refractivity contribution in [3.8, 4) is 0 Å². The first-order chi connectivity index (χ1) is 9.16. The molecule has 0 bridgehead atoms. The van der Waals surface area contributed by atoms with Crippen LogP contribution in [0.25, 0.3) is 0 Å². The van der Waals surface area contributed by atoms with Crippen molar-refractivity contribution in [1.82, 2.24) is 5.32 Å². The van der Waals surface area contributed by atoms with Gasteiger partial charge in [0.1, 0.15) is 0 Å². The highest BCUT2D eigenvalue weighted by Crippen LogP contribution is 2.20. The summed E-state index contributed by atoms with van der Waals surface area (Å²) in [5.41, 5.74) is 0.945. The third-order valence-electron chi connectivity index (χ3n) is 3.84. The summed E-state index contributed by atoms with van der Waals surface area (Å²) >= 11 is 3.43. The lowest BCUT2D eigenvalue weighted by Gasteiger charge is -2.29. The molecule has 1 aromatic carbocycles. The number of benzene rings is 1. The van der Waals surface area contributed by atoms with Gasteiger partial charge in [-0.15, -0.1) is 0 Å². The van der Waals surface area contributed by atoms with E-state index in [0.717, 1.165) is 36.1 Å². The fourth-order valence-corrected chi connectivity index (χ4v) is 2.93. The van der Waals surface area contributed by atoms with E-state index in [0.29, 0.717) is 18.5 Å². The predicted molar refractivity (Wildman–Crippen MR) is 80.1 cm³/mol. The number of hydrogen-bond donors (Lipinski definition) is 2. The quantitative estimate of drug-likeness (QED) is 0.873. The molecule has 0 amide bonds. The Kier molecular flexibility index (Phi) is 5.82. The monoisotopic (exact) mass is 327 g/mol. The van der Waals surface area contributed by atoms with Crippen molar-refractivity contribution in [3.63, 3.8) is 0 Å². The van der Waals surface area contributed by atoms with Crippen molar-refractivity contribution in [3.05, 3.63) is 34.3 Å². The minimum absolute atomic E-state index is 0.422. The molecule has 106 valence electrons. The zero-order chi connectivity index (χ0) is 13.7. The molecule has 1 heterocycles. The Balaban J connectivity index is 1.80. The van der Waals surface area contributed by atoms with Crippen LogP contribution < -0.4 is 5.32 Å². The number of aliphatic hydroxyl groups excluding tert-OH is 1. The molecule has 4 heteroatoms. The van der Waals surface area contributed by atoms with Crippen LogP contribution in [-0.2, 0) is 4.74 Å². The first kappa shape index (κ1) is 15.0. The van der Waals surface area contributed by atoms with Crippen LogP contribution in [0.3, 0.4) is 0 Å². The maximum absolute atomic E-state index is 10.2. The first-order valence-corrected chi connectivity index (χ1v) is 7.71. The molecular weight excluding hydrogens is 306 g/mol. The molecule has 2 rings (SSSR count). The molecule has 0 radical (unpaired) electrons. The van der Waals surface area contributed by atoms with E-state index < -0.39 is 6.10 Å². The summed E-state index contributed by atoms with van der Waals surface area (Å²) in [6, 6.07) is 8.26. The number of ether oxygens (including phenoxy) is 1. The van der Waals surface area contributed by atoms with Gasteiger partial charge in [0.05, 0.1) is 6.10 Å². The van der Waals surface area contributed by atoms with Crippen LogP contribution in [0.2, 0.25) is 0 Å². The van der Waals surface area contributed by atoms with Crippen LogP contribution in [0.1, 0.15) is 31.4 Å². The molecule has 1 aliphatic heterocycles. The van der Waals surface area contributed by atoms with Gasteiger partial charge in [-0.05, 0) is 43.4 Å². The van der Waals surface area contributed by atoms with E-state index in [1.807, 2.05) is 24.3 Å². The largest absolute Gasteiger partial charge is 0.387 e. The Labute approximate surface area is 123 Å². The van der Waals surface area contributed by atoms with Crippen molar-refractivity contribution in [2.45, 2.75) is 31.9 Å². The second kappa shape index (κ2) is 7.39. The molecular formula is C15H22BrNO2. The maximum atomic E-state index is 10.2. The van der Waals surface area contributed by atoms with Gasteiger partial charge in [-0.25, -0.2) is 0 Å². The summed E-state index contributed by atoms with van der Waals surface area (Å²) in [5, 5.41) is 13.6. The van der Waals surface area contributed by atoms with Crippen LogP contribution in [0.15, 0.2) is 28.7 Å². The van der Waals surface area contributed by atoms with Crippen molar-refractivity contribution >= 4 is 15.9 Å². The molecule has 19 heavy (non-hydrogen) atoms. The zero-order valence-corrected chi connectivity index (χ0v) is 12.9. The Morgan fingerprint density at radius 3 is 2.84 bits per heavy atom. The molecule has 2 N–H and O–H groups in total. The maximum Gasteiger partial charge on any atom is 0.0914 e. The van der Waals surface area contributed by atoms with Crippen molar-refractivity contribution in [2.24, 2.45) is 5.92 Å². The van der Waals surface area contributed by atoms with Crippen molar-refractivity contribution in [1.29, 1.82) is 0 Å². The van der Waals surface area contributed by atoms with Gasteiger partial charge in [0.2, 0.25) is 0 Å². The molecule has 1 aliphatic rings. The number of halogens is 1. The van der Waals surface area contributed by atoms with Gasteiger partial charge in [-0.2, -0.15) is 0 Å². The lowest BCUT2D eigenvalue weighted by atomic mass is 9.93. The Morgan fingerprint density at radius 2 is 2.16 bits per heavy atom. The Bertz CT molecular complexity index is 393. The van der Waals surface area contributed by atoms with Gasteiger partial charge < -0.3 is 15.2 Å². The molecule has 1 fully saturated rings. The van der Waals surface area contributed by atoms with E-state index in [9.17, 15) is 5.11 Å². The lowest BCUT2D eigenvalue weighted by molar-refractivity contribution is 0.0537. The molecule has 0 aliphatic carbocycles. The van der Waals surface area contributed by atoms with E-state index in [1.165, 1.54) is 0 Å². The van der Waals surface area contributed by atoms with Gasteiger partial charge in [0.25, 0.3) is 0 Å². The topological polar surface area (TPSA) is 41.5 Å². The molecule has 2 unspecified atom stereocenters. The summed E-state index contributed by atoms with van der Waals surface area (Å²) in [5.74, 6) is 0.656. The van der Waals surface area contributed by atoms with E-state index in [1.54, 1.807) is 0 Å². The summed E-state index contributed by atoms with van der Waals surface area (Å²) in [4.78, 5) is 0. The third-order valence-corrected chi connectivity index (χ3v) is 4.33. The van der Waals surface area contributed by atoms with Crippen LogP contribution in [0.5, 0.6) is 0 Å².